The predicted molar refractivity (Wildman–Crippen MR) is 79.0 cm³/mol. The summed E-state index contributed by atoms with van der Waals surface area (Å²) in [5.41, 5.74) is 9.20. The lowest BCUT2D eigenvalue weighted by atomic mass is 9.92. The van der Waals surface area contributed by atoms with Gasteiger partial charge in [0.1, 0.15) is 0 Å². The Balaban J connectivity index is 2.14. The van der Waals surface area contributed by atoms with Gasteiger partial charge in [-0.05, 0) is 29.9 Å². The molecule has 1 aromatic carbocycles. The second-order valence-corrected chi connectivity index (χ2v) is 5.89. The molecule has 0 aliphatic carbocycles. The van der Waals surface area contributed by atoms with E-state index in [4.69, 9.17) is 5.73 Å². The Kier molecular flexibility index (Phi) is 4.28. The highest BCUT2D eigenvalue weighted by atomic mass is 15.2. The van der Waals surface area contributed by atoms with Crippen LogP contribution in [0.5, 0.6) is 0 Å². The Morgan fingerprint density at radius 2 is 2.11 bits per heavy atom. The number of nitrogens with zero attached hydrogens (tertiary/aromatic N) is 1. The smallest absolute Gasteiger partial charge is 0.0399 e. The van der Waals surface area contributed by atoms with E-state index in [-0.39, 0.29) is 6.04 Å². The molecule has 0 bridgehead atoms. The normalized spacial score (nSPS) is 22.4. The second kappa shape index (κ2) is 5.75. The number of fused-ring (bicyclic) bond motifs is 1. The fourth-order valence-electron chi connectivity index (χ4n) is 2.82. The molecular formula is C16H26N2. The standard InChI is InChI=1S/C16H26N2/c1-4-13(3)15(17)11-18-10-12(2)9-14-7-5-6-8-16(14)18/h5-8,12-13,15H,4,9-11,17H2,1-3H3. The van der Waals surface area contributed by atoms with Crippen molar-refractivity contribution >= 4 is 5.69 Å². The maximum absolute atomic E-state index is 6.32. The molecule has 0 spiro atoms. The summed E-state index contributed by atoms with van der Waals surface area (Å²) < 4.78 is 0. The average molecular weight is 246 g/mol. The maximum atomic E-state index is 6.32. The highest BCUT2D eigenvalue weighted by Crippen LogP contribution is 2.29. The first-order valence-corrected chi connectivity index (χ1v) is 7.20. The van der Waals surface area contributed by atoms with Gasteiger partial charge in [-0.1, -0.05) is 45.4 Å². The number of nitrogens with two attached hydrogens (primary N) is 1. The minimum Gasteiger partial charge on any atom is -0.369 e. The summed E-state index contributed by atoms with van der Waals surface area (Å²) >= 11 is 0. The number of anilines is 1. The van der Waals surface area contributed by atoms with Crippen LogP contribution in [0.4, 0.5) is 5.69 Å². The van der Waals surface area contributed by atoms with Crippen LogP contribution in [0.3, 0.4) is 0 Å². The van der Waals surface area contributed by atoms with Gasteiger partial charge in [-0.25, -0.2) is 0 Å². The zero-order chi connectivity index (χ0) is 13.1. The van der Waals surface area contributed by atoms with Crippen molar-refractivity contribution in [2.75, 3.05) is 18.0 Å². The Labute approximate surface area is 111 Å². The molecule has 1 aromatic rings. The SMILES string of the molecule is CCC(C)C(N)CN1CC(C)Cc2ccccc21. The topological polar surface area (TPSA) is 29.3 Å². The molecule has 0 radical (unpaired) electrons. The minimum absolute atomic E-state index is 0.272. The summed E-state index contributed by atoms with van der Waals surface area (Å²) in [5.74, 6) is 1.32. The fourth-order valence-corrected chi connectivity index (χ4v) is 2.82. The first-order valence-electron chi connectivity index (χ1n) is 7.20. The second-order valence-electron chi connectivity index (χ2n) is 5.89. The van der Waals surface area contributed by atoms with Gasteiger partial charge in [0, 0.05) is 24.8 Å². The molecule has 3 unspecified atom stereocenters. The average Bonchev–Trinajstić information content (AvgIpc) is 2.37. The van der Waals surface area contributed by atoms with Gasteiger partial charge in [0.2, 0.25) is 0 Å². The highest BCUT2D eigenvalue weighted by Gasteiger charge is 2.23. The van der Waals surface area contributed by atoms with Crippen molar-refractivity contribution in [2.45, 2.75) is 39.7 Å². The molecule has 2 nitrogen and oxygen atoms in total. The summed E-state index contributed by atoms with van der Waals surface area (Å²) in [7, 11) is 0. The first kappa shape index (κ1) is 13.4. The van der Waals surface area contributed by atoms with E-state index in [2.05, 4.69) is 49.9 Å². The highest BCUT2D eigenvalue weighted by molar-refractivity contribution is 5.55. The van der Waals surface area contributed by atoms with Gasteiger partial charge >= 0.3 is 0 Å². The summed E-state index contributed by atoms with van der Waals surface area (Å²) in [4.78, 5) is 2.49. The Hall–Kier alpha value is -1.02. The largest absolute Gasteiger partial charge is 0.369 e. The number of benzene rings is 1. The molecule has 2 heteroatoms. The Bertz CT molecular complexity index is 388. The first-order chi connectivity index (χ1) is 8.61. The molecule has 0 saturated carbocycles. The monoisotopic (exact) mass is 246 g/mol. The van der Waals surface area contributed by atoms with Gasteiger partial charge in [-0.3, -0.25) is 0 Å². The molecule has 2 N–H and O–H groups in total. The van der Waals surface area contributed by atoms with Crippen molar-refractivity contribution in [2.24, 2.45) is 17.6 Å². The van der Waals surface area contributed by atoms with E-state index in [0.29, 0.717) is 5.92 Å². The summed E-state index contributed by atoms with van der Waals surface area (Å²) in [6, 6.07) is 9.05. The number of hydrogen-bond acceptors (Lipinski definition) is 2. The fraction of sp³-hybridized carbons (Fsp3) is 0.625. The van der Waals surface area contributed by atoms with Gasteiger partial charge in [0.15, 0.2) is 0 Å². The quantitative estimate of drug-likeness (QED) is 0.884. The van der Waals surface area contributed by atoms with Crippen molar-refractivity contribution in [3.8, 4) is 0 Å². The summed E-state index contributed by atoms with van der Waals surface area (Å²) in [5, 5.41) is 0. The Morgan fingerprint density at radius 3 is 2.83 bits per heavy atom. The molecule has 1 aliphatic heterocycles. The van der Waals surface area contributed by atoms with Crippen LogP contribution in [0.25, 0.3) is 0 Å². The molecule has 18 heavy (non-hydrogen) atoms. The molecule has 0 aromatic heterocycles. The van der Waals surface area contributed by atoms with Crippen LogP contribution in [0, 0.1) is 11.8 Å². The lowest BCUT2D eigenvalue weighted by molar-refractivity contribution is 0.421. The van der Waals surface area contributed by atoms with Gasteiger partial charge in [-0.2, -0.15) is 0 Å². The van der Waals surface area contributed by atoms with E-state index < -0.39 is 0 Å². The van der Waals surface area contributed by atoms with E-state index >= 15 is 0 Å². The summed E-state index contributed by atoms with van der Waals surface area (Å²) in [6.07, 6.45) is 2.36. The molecule has 1 heterocycles. The van der Waals surface area contributed by atoms with Crippen LogP contribution in [0.1, 0.15) is 32.8 Å². The maximum Gasteiger partial charge on any atom is 0.0399 e. The van der Waals surface area contributed by atoms with E-state index in [0.717, 1.165) is 25.4 Å². The number of hydrogen-bond donors (Lipinski definition) is 1. The zero-order valence-corrected chi connectivity index (χ0v) is 11.9. The predicted octanol–water partition coefficient (Wildman–Crippen LogP) is 3.06. The third-order valence-corrected chi connectivity index (χ3v) is 4.24. The van der Waals surface area contributed by atoms with Crippen molar-refractivity contribution in [3.05, 3.63) is 29.8 Å². The van der Waals surface area contributed by atoms with Crippen LogP contribution >= 0.6 is 0 Å². The van der Waals surface area contributed by atoms with Crippen LogP contribution in [-0.2, 0) is 6.42 Å². The third-order valence-electron chi connectivity index (χ3n) is 4.24. The molecule has 1 aliphatic rings. The molecular weight excluding hydrogens is 220 g/mol. The van der Waals surface area contributed by atoms with Crippen LogP contribution in [0.15, 0.2) is 24.3 Å². The van der Waals surface area contributed by atoms with E-state index in [1.165, 1.54) is 17.7 Å². The minimum atomic E-state index is 0.272. The van der Waals surface area contributed by atoms with Crippen molar-refractivity contribution in [1.29, 1.82) is 0 Å². The molecule has 0 fully saturated rings. The molecule has 0 amide bonds. The lowest BCUT2D eigenvalue weighted by Crippen LogP contribution is -2.45. The number of rotatable bonds is 4. The molecule has 2 rings (SSSR count). The van der Waals surface area contributed by atoms with E-state index in [1.807, 2.05) is 0 Å². The summed E-state index contributed by atoms with van der Waals surface area (Å²) in [6.45, 7) is 8.93. The molecule has 3 atom stereocenters. The van der Waals surface area contributed by atoms with Gasteiger partial charge in [0.25, 0.3) is 0 Å². The number of para-hydroxylation sites is 1. The van der Waals surface area contributed by atoms with Crippen LogP contribution in [0.2, 0.25) is 0 Å². The van der Waals surface area contributed by atoms with Gasteiger partial charge < -0.3 is 10.6 Å². The van der Waals surface area contributed by atoms with Crippen molar-refractivity contribution in [1.82, 2.24) is 0 Å². The third kappa shape index (κ3) is 2.86. The van der Waals surface area contributed by atoms with Crippen molar-refractivity contribution < 1.29 is 0 Å². The van der Waals surface area contributed by atoms with Crippen LogP contribution < -0.4 is 10.6 Å². The van der Waals surface area contributed by atoms with Gasteiger partial charge in [0.05, 0.1) is 0 Å². The van der Waals surface area contributed by atoms with E-state index in [1.54, 1.807) is 0 Å². The van der Waals surface area contributed by atoms with Crippen LogP contribution in [-0.4, -0.2) is 19.1 Å². The molecule has 100 valence electrons. The van der Waals surface area contributed by atoms with Gasteiger partial charge in [-0.15, -0.1) is 0 Å². The van der Waals surface area contributed by atoms with E-state index in [9.17, 15) is 0 Å². The lowest BCUT2D eigenvalue weighted by Gasteiger charge is -2.37. The van der Waals surface area contributed by atoms with Crippen molar-refractivity contribution in [3.63, 3.8) is 0 Å². The Morgan fingerprint density at radius 1 is 1.39 bits per heavy atom. The zero-order valence-electron chi connectivity index (χ0n) is 11.9. The molecule has 0 saturated heterocycles.